The van der Waals surface area contributed by atoms with E-state index in [0.717, 1.165) is 15.6 Å². The Morgan fingerprint density at radius 2 is 1.93 bits per heavy atom. The van der Waals surface area contributed by atoms with Gasteiger partial charge in [0.2, 0.25) is 0 Å². The Bertz CT molecular complexity index is 1060. The van der Waals surface area contributed by atoms with Crippen molar-refractivity contribution in [3.05, 3.63) is 81.0 Å². The highest BCUT2D eigenvalue weighted by Crippen LogP contribution is 2.25. The molecule has 1 amide bonds. The molecule has 4 nitrogen and oxygen atoms in total. The van der Waals surface area contributed by atoms with E-state index in [1.54, 1.807) is 30.3 Å². The molecule has 0 unspecified atom stereocenters. The minimum Gasteiger partial charge on any atom is -0.457 e. The van der Waals surface area contributed by atoms with Gasteiger partial charge in [-0.3, -0.25) is 4.79 Å². The second kappa shape index (κ2) is 8.26. The van der Waals surface area contributed by atoms with Gasteiger partial charge in [-0.25, -0.2) is 0 Å². The fourth-order valence-electron chi connectivity index (χ4n) is 2.36. The van der Waals surface area contributed by atoms with Crippen molar-refractivity contribution in [2.45, 2.75) is 6.92 Å². The number of benzene rings is 2. The molecule has 0 bridgehead atoms. The van der Waals surface area contributed by atoms with Gasteiger partial charge < -0.3 is 9.73 Å². The average Bonchev–Trinajstić information content (AvgIpc) is 3.12. The molecular weight excluding hydrogens is 428 g/mol. The first-order valence-electron chi connectivity index (χ1n) is 8.01. The Kier molecular flexibility index (Phi) is 5.80. The van der Waals surface area contributed by atoms with Gasteiger partial charge in [-0.2, -0.15) is 5.26 Å². The smallest absolute Gasteiger partial charge is 0.266 e. The second-order valence-corrected chi connectivity index (χ2v) is 7.12. The molecule has 0 aliphatic heterocycles. The third-order valence-electron chi connectivity index (χ3n) is 3.84. The molecule has 27 heavy (non-hydrogen) atoms. The second-order valence-electron chi connectivity index (χ2n) is 5.80. The van der Waals surface area contributed by atoms with Crippen LogP contribution in [0.2, 0.25) is 5.02 Å². The van der Waals surface area contributed by atoms with Crippen LogP contribution in [0.3, 0.4) is 0 Å². The van der Waals surface area contributed by atoms with Gasteiger partial charge in [-0.1, -0.05) is 45.7 Å². The van der Waals surface area contributed by atoms with Crippen molar-refractivity contribution in [3.8, 4) is 17.4 Å². The van der Waals surface area contributed by atoms with Gasteiger partial charge in [0, 0.05) is 26.8 Å². The van der Waals surface area contributed by atoms with Crippen LogP contribution in [0.15, 0.2) is 69.1 Å². The summed E-state index contributed by atoms with van der Waals surface area (Å²) in [4.78, 5) is 12.4. The van der Waals surface area contributed by atoms with Crippen molar-refractivity contribution in [2.24, 2.45) is 0 Å². The van der Waals surface area contributed by atoms with Crippen LogP contribution >= 0.6 is 27.5 Å². The van der Waals surface area contributed by atoms with Gasteiger partial charge in [0.1, 0.15) is 23.2 Å². The number of furan rings is 1. The normalized spacial score (nSPS) is 11.1. The molecule has 1 heterocycles. The van der Waals surface area contributed by atoms with E-state index < -0.39 is 5.91 Å². The lowest BCUT2D eigenvalue weighted by atomic mass is 10.2. The molecule has 0 saturated carbocycles. The van der Waals surface area contributed by atoms with Crippen molar-refractivity contribution < 1.29 is 9.21 Å². The quantitative estimate of drug-likeness (QED) is 0.386. The van der Waals surface area contributed by atoms with Gasteiger partial charge in [0.05, 0.1) is 0 Å². The Morgan fingerprint density at radius 3 is 2.59 bits per heavy atom. The number of rotatable bonds is 4. The number of carbonyl (C=O) groups is 1. The molecule has 3 rings (SSSR count). The predicted molar refractivity (Wildman–Crippen MR) is 110 cm³/mol. The number of hydrogen-bond donors (Lipinski definition) is 1. The molecule has 0 spiro atoms. The minimum absolute atomic E-state index is 0.0663. The molecule has 134 valence electrons. The van der Waals surface area contributed by atoms with Crippen molar-refractivity contribution >= 4 is 45.2 Å². The molecule has 1 aromatic heterocycles. The molecule has 2 aromatic carbocycles. The van der Waals surface area contributed by atoms with Crippen LogP contribution in [0.25, 0.3) is 17.4 Å². The highest BCUT2D eigenvalue weighted by molar-refractivity contribution is 9.10. The summed E-state index contributed by atoms with van der Waals surface area (Å²) in [5, 5.41) is 12.5. The third-order valence-corrected chi connectivity index (χ3v) is 4.77. The summed E-state index contributed by atoms with van der Waals surface area (Å²) < 4.78 is 6.70. The van der Waals surface area contributed by atoms with Crippen LogP contribution in [-0.4, -0.2) is 5.91 Å². The van der Waals surface area contributed by atoms with Crippen LogP contribution in [0.5, 0.6) is 0 Å². The SMILES string of the molecule is Cc1ccc(NC(=O)/C(C#N)=C/c2ccc(-c3ccc(Br)cc3)o2)cc1Cl. The number of nitriles is 1. The van der Waals surface area contributed by atoms with E-state index in [9.17, 15) is 10.1 Å². The summed E-state index contributed by atoms with van der Waals surface area (Å²) in [6.07, 6.45) is 1.41. The highest BCUT2D eigenvalue weighted by Gasteiger charge is 2.12. The number of nitrogens with one attached hydrogen (secondary N) is 1. The van der Waals surface area contributed by atoms with Crippen molar-refractivity contribution in [2.75, 3.05) is 5.32 Å². The number of nitrogens with zero attached hydrogens (tertiary/aromatic N) is 1. The number of aryl methyl sites for hydroxylation is 1. The maximum absolute atomic E-state index is 12.4. The summed E-state index contributed by atoms with van der Waals surface area (Å²) in [5.74, 6) is 0.539. The van der Waals surface area contributed by atoms with Gasteiger partial charge >= 0.3 is 0 Å². The Morgan fingerprint density at radius 1 is 1.19 bits per heavy atom. The molecule has 0 radical (unpaired) electrons. The van der Waals surface area contributed by atoms with Gasteiger partial charge in [0.25, 0.3) is 5.91 Å². The number of carbonyl (C=O) groups excluding carboxylic acids is 1. The van der Waals surface area contributed by atoms with Gasteiger partial charge in [-0.05, 0) is 48.9 Å². The zero-order valence-electron chi connectivity index (χ0n) is 14.3. The van der Waals surface area contributed by atoms with Gasteiger partial charge in [0.15, 0.2) is 0 Å². The van der Waals surface area contributed by atoms with Crippen LogP contribution in [0.4, 0.5) is 5.69 Å². The maximum atomic E-state index is 12.4. The summed E-state index contributed by atoms with van der Waals surface area (Å²) in [6.45, 7) is 1.87. The molecule has 3 aromatic rings. The summed E-state index contributed by atoms with van der Waals surface area (Å²) >= 11 is 9.45. The van der Waals surface area contributed by atoms with Crippen LogP contribution in [0, 0.1) is 18.3 Å². The van der Waals surface area contributed by atoms with Gasteiger partial charge in [-0.15, -0.1) is 0 Å². The standard InChI is InChI=1S/C21H14BrClN2O2/c1-13-2-7-17(11-19(13)23)25-21(26)15(12-24)10-18-8-9-20(27-18)14-3-5-16(22)6-4-14/h2-11H,1H3,(H,25,26)/b15-10+. The first kappa shape index (κ1) is 19.0. The Hall–Kier alpha value is -2.81. The minimum atomic E-state index is -0.529. The maximum Gasteiger partial charge on any atom is 0.266 e. The van der Waals surface area contributed by atoms with E-state index in [2.05, 4.69) is 21.2 Å². The molecule has 0 aliphatic carbocycles. The molecule has 0 aliphatic rings. The highest BCUT2D eigenvalue weighted by atomic mass is 79.9. The van der Waals surface area contributed by atoms with Crippen LogP contribution in [-0.2, 0) is 4.79 Å². The van der Waals surface area contributed by atoms with E-state index in [1.165, 1.54) is 6.08 Å². The van der Waals surface area contributed by atoms with E-state index in [4.69, 9.17) is 16.0 Å². The number of amides is 1. The summed E-state index contributed by atoms with van der Waals surface area (Å²) in [7, 11) is 0. The number of anilines is 1. The largest absolute Gasteiger partial charge is 0.457 e. The molecule has 0 fully saturated rings. The van der Waals surface area contributed by atoms with E-state index >= 15 is 0 Å². The van der Waals surface area contributed by atoms with Crippen molar-refractivity contribution in [1.82, 2.24) is 0 Å². The summed E-state index contributed by atoms with van der Waals surface area (Å²) in [5.41, 5.74) is 2.26. The van der Waals surface area contributed by atoms with E-state index in [0.29, 0.717) is 22.2 Å². The lowest BCUT2D eigenvalue weighted by molar-refractivity contribution is -0.112. The first-order valence-corrected chi connectivity index (χ1v) is 9.18. The molecule has 1 N–H and O–H groups in total. The summed E-state index contributed by atoms with van der Waals surface area (Å²) in [6, 6.07) is 18.2. The lowest BCUT2D eigenvalue weighted by Crippen LogP contribution is -2.13. The number of hydrogen-bond acceptors (Lipinski definition) is 3. The zero-order chi connectivity index (χ0) is 19.4. The Balaban J connectivity index is 1.79. The molecule has 0 saturated heterocycles. The number of halogens is 2. The molecule has 6 heteroatoms. The van der Waals surface area contributed by atoms with Crippen LogP contribution in [0.1, 0.15) is 11.3 Å². The lowest BCUT2D eigenvalue weighted by Gasteiger charge is -2.06. The van der Waals surface area contributed by atoms with Crippen molar-refractivity contribution in [3.63, 3.8) is 0 Å². The first-order chi connectivity index (χ1) is 13.0. The molecular formula is C21H14BrClN2O2. The monoisotopic (exact) mass is 440 g/mol. The fraction of sp³-hybridized carbons (Fsp3) is 0.0476. The van der Waals surface area contributed by atoms with Crippen LogP contribution < -0.4 is 5.32 Å². The molecule has 0 atom stereocenters. The van der Waals surface area contributed by atoms with E-state index in [1.807, 2.05) is 37.3 Å². The third kappa shape index (κ3) is 4.68. The zero-order valence-corrected chi connectivity index (χ0v) is 16.6. The topological polar surface area (TPSA) is 66.0 Å². The Labute approximate surface area is 170 Å². The fourth-order valence-corrected chi connectivity index (χ4v) is 2.80. The van der Waals surface area contributed by atoms with E-state index in [-0.39, 0.29) is 5.57 Å². The average molecular weight is 442 g/mol. The van der Waals surface area contributed by atoms with Crippen molar-refractivity contribution in [1.29, 1.82) is 5.26 Å². The predicted octanol–water partition coefficient (Wildman–Crippen LogP) is 6.22.